The molecule has 25 heavy (non-hydrogen) atoms. The number of fused-ring (bicyclic) bond motifs is 1. The van der Waals surface area contributed by atoms with Gasteiger partial charge in [0.1, 0.15) is 0 Å². The number of aromatic nitrogens is 2. The van der Waals surface area contributed by atoms with Crippen LogP contribution in [0.15, 0.2) is 12.1 Å². The number of hydrogen-bond acceptors (Lipinski definition) is 5. The molecule has 1 aromatic carbocycles. The van der Waals surface area contributed by atoms with Gasteiger partial charge in [0.15, 0.2) is 17.3 Å². The number of piperidine rings is 1. The molecule has 132 valence electrons. The molecule has 1 saturated heterocycles. The summed E-state index contributed by atoms with van der Waals surface area (Å²) in [4.78, 5) is 26.8. The van der Waals surface area contributed by atoms with Crippen LogP contribution in [0.4, 0.5) is 5.82 Å². The molecular formula is C18H21N3O4. The van der Waals surface area contributed by atoms with E-state index < -0.39 is 0 Å². The number of amides is 2. The molecule has 7 nitrogen and oxygen atoms in total. The van der Waals surface area contributed by atoms with Gasteiger partial charge in [-0.1, -0.05) is 12.8 Å². The second kappa shape index (κ2) is 5.75. The summed E-state index contributed by atoms with van der Waals surface area (Å²) in [5.74, 6) is 1.11. The van der Waals surface area contributed by atoms with Crippen molar-refractivity contribution in [2.45, 2.75) is 38.5 Å². The van der Waals surface area contributed by atoms with Crippen LogP contribution in [-0.2, 0) is 9.59 Å². The number of H-pyrrole nitrogens is 1. The van der Waals surface area contributed by atoms with Crippen molar-refractivity contribution in [2.24, 2.45) is 5.41 Å². The quantitative estimate of drug-likeness (QED) is 0.866. The lowest BCUT2D eigenvalue weighted by molar-refractivity contribution is -0.133. The summed E-state index contributed by atoms with van der Waals surface area (Å²) >= 11 is 0. The number of carbonyl (C=O) groups excluding carboxylic acids is 2. The van der Waals surface area contributed by atoms with E-state index >= 15 is 0 Å². The van der Waals surface area contributed by atoms with Crippen LogP contribution in [0.1, 0.15) is 38.5 Å². The maximum Gasteiger partial charge on any atom is 0.235 e. The summed E-state index contributed by atoms with van der Waals surface area (Å²) in [5.41, 5.74) is 0.562. The van der Waals surface area contributed by atoms with Gasteiger partial charge < -0.3 is 9.47 Å². The van der Waals surface area contributed by atoms with Gasteiger partial charge in [0.2, 0.25) is 11.8 Å². The fourth-order valence-electron chi connectivity index (χ4n) is 4.22. The molecule has 2 amide bonds. The van der Waals surface area contributed by atoms with Crippen LogP contribution < -0.4 is 14.4 Å². The zero-order valence-corrected chi connectivity index (χ0v) is 14.4. The molecule has 1 saturated carbocycles. The number of aromatic amines is 1. The number of ether oxygens (including phenoxy) is 2. The highest BCUT2D eigenvalue weighted by atomic mass is 16.5. The van der Waals surface area contributed by atoms with Gasteiger partial charge in [0.25, 0.3) is 0 Å². The lowest BCUT2D eigenvalue weighted by Gasteiger charge is -2.36. The first-order valence-corrected chi connectivity index (χ1v) is 8.53. The number of anilines is 1. The molecule has 0 unspecified atom stereocenters. The van der Waals surface area contributed by atoms with E-state index in [4.69, 9.17) is 9.47 Å². The van der Waals surface area contributed by atoms with Crippen molar-refractivity contribution in [3.05, 3.63) is 12.1 Å². The highest BCUT2D eigenvalue weighted by Crippen LogP contribution is 2.48. The first-order valence-electron chi connectivity index (χ1n) is 8.53. The first kappa shape index (κ1) is 15.9. The molecule has 1 aliphatic heterocycles. The van der Waals surface area contributed by atoms with Crippen LogP contribution in [-0.4, -0.2) is 36.2 Å². The van der Waals surface area contributed by atoms with Crippen molar-refractivity contribution in [3.8, 4) is 11.5 Å². The molecule has 1 spiro atoms. The highest BCUT2D eigenvalue weighted by Gasteiger charge is 2.46. The van der Waals surface area contributed by atoms with Gasteiger partial charge in [-0.15, -0.1) is 0 Å². The summed E-state index contributed by atoms with van der Waals surface area (Å²) in [5, 5.41) is 7.78. The number of rotatable bonds is 3. The van der Waals surface area contributed by atoms with Gasteiger partial charge in [-0.3, -0.25) is 14.7 Å². The van der Waals surface area contributed by atoms with E-state index in [1.165, 1.54) is 4.90 Å². The predicted octanol–water partition coefficient (Wildman–Crippen LogP) is 2.79. The van der Waals surface area contributed by atoms with Gasteiger partial charge in [-0.25, -0.2) is 4.90 Å². The third-order valence-corrected chi connectivity index (χ3v) is 5.47. The molecule has 2 aliphatic rings. The zero-order valence-electron chi connectivity index (χ0n) is 14.4. The molecule has 1 N–H and O–H groups in total. The van der Waals surface area contributed by atoms with Crippen molar-refractivity contribution in [3.63, 3.8) is 0 Å². The normalized spacial score (nSPS) is 19.8. The van der Waals surface area contributed by atoms with Crippen molar-refractivity contribution >= 4 is 28.5 Å². The molecule has 1 aliphatic carbocycles. The number of nitrogens with one attached hydrogen (secondary N) is 1. The minimum atomic E-state index is -0.165. The Morgan fingerprint density at radius 1 is 1.04 bits per heavy atom. The van der Waals surface area contributed by atoms with Gasteiger partial charge in [0.05, 0.1) is 19.7 Å². The Balaban J connectivity index is 1.74. The van der Waals surface area contributed by atoms with Crippen molar-refractivity contribution in [1.82, 2.24) is 10.2 Å². The topological polar surface area (TPSA) is 84.5 Å². The van der Waals surface area contributed by atoms with Crippen LogP contribution in [0.25, 0.3) is 10.9 Å². The lowest BCUT2D eigenvalue weighted by Crippen LogP contribution is -2.47. The average Bonchev–Trinajstić information content (AvgIpc) is 3.20. The van der Waals surface area contributed by atoms with Gasteiger partial charge in [-0.05, 0) is 24.3 Å². The zero-order chi connectivity index (χ0) is 17.6. The van der Waals surface area contributed by atoms with Gasteiger partial charge >= 0.3 is 0 Å². The highest BCUT2D eigenvalue weighted by molar-refractivity contribution is 6.19. The fraction of sp³-hybridized carbons (Fsp3) is 0.500. The van der Waals surface area contributed by atoms with Crippen LogP contribution in [0.5, 0.6) is 11.5 Å². The predicted molar refractivity (Wildman–Crippen MR) is 91.8 cm³/mol. The smallest absolute Gasteiger partial charge is 0.235 e. The molecule has 2 aromatic rings. The molecular weight excluding hydrogens is 322 g/mol. The van der Waals surface area contributed by atoms with E-state index in [0.29, 0.717) is 41.1 Å². The summed E-state index contributed by atoms with van der Waals surface area (Å²) in [6, 6.07) is 3.50. The monoisotopic (exact) mass is 343 g/mol. The molecule has 2 heterocycles. The Bertz CT molecular complexity index is 831. The minimum Gasteiger partial charge on any atom is -0.493 e. The van der Waals surface area contributed by atoms with E-state index in [1.54, 1.807) is 26.4 Å². The van der Waals surface area contributed by atoms with Crippen LogP contribution in [0.3, 0.4) is 0 Å². The summed E-state index contributed by atoms with van der Waals surface area (Å²) < 4.78 is 10.6. The van der Waals surface area contributed by atoms with E-state index in [0.717, 1.165) is 25.7 Å². The number of benzene rings is 1. The maximum atomic E-state index is 12.8. The third kappa shape index (κ3) is 2.45. The summed E-state index contributed by atoms with van der Waals surface area (Å²) in [7, 11) is 3.10. The molecule has 7 heteroatoms. The summed E-state index contributed by atoms with van der Waals surface area (Å²) in [6.45, 7) is 0. The van der Waals surface area contributed by atoms with Crippen molar-refractivity contribution in [2.75, 3.05) is 19.1 Å². The van der Waals surface area contributed by atoms with Crippen LogP contribution >= 0.6 is 0 Å². The standard InChI is InChI=1S/C18H21N3O4/c1-24-13-7-11-12(8-14(13)25-2)19-20-17(11)21-15(22)9-18(10-16(21)23)5-3-4-6-18/h7-8H,3-6,9-10H2,1-2H3,(H,19,20). The number of nitrogens with zero attached hydrogens (tertiary/aromatic N) is 2. The number of carbonyl (C=O) groups is 2. The van der Waals surface area contributed by atoms with Crippen LogP contribution in [0, 0.1) is 5.41 Å². The van der Waals surface area contributed by atoms with Gasteiger partial charge in [-0.2, -0.15) is 5.10 Å². The lowest BCUT2D eigenvalue weighted by atomic mass is 9.76. The van der Waals surface area contributed by atoms with E-state index in [2.05, 4.69) is 10.2 Å². The Morgan fingerprint density at radius 2 is 1.64 bits per heavy atom. The largest absolute Gasteiger partial charge is 0.493 e. The number of hydrogen-bond donors (Lipinski definition) is 1. The molecule has 4 rings (SSSR count). The van der Waals surface area contributed by atoms with E-state index in [1.807, 2.05) is 0 Å². The molecule has 0 bridgehead atoms. The van der Waals surface area contributed by atoms with Crippen molar-refractivity contribution in [1.29, 1.82) is 0 Å². The Kier molecular flexibility index (Phi) is 3.67. The van der Waals surface area contributed by atoms with E-state index in [9.17, 15) is 9.59 Å². The molecule has 1 aromatic heterocycles. The number of methoxy groups -OCH3 is 2. The average molecular weight is 343 g/mol. The molecule has 0 atom stereocenters. The van der Waals surface area contributed by atoms with E-state index in [-0.39, 0.29) is 17.2 Å². The Labute approximate surface area is 145 Å². The minimum absolute atomic E-state index is 0.127. The Hall–Kier alpha value is -2.57. The molecule has 2 fully saturated rings. The first-order chi connectivity index (χ1) is 12.1. The SMILES string of the molecule is COc1cc2[nH]nc(N3C(=O)CC4(CCCC4)CC3=O)c2cc1OC. The Morgan fingerprint density at radius 3 is 2.24 bits per heavy atom. The van der Waals surface area contributed by atoms with Crippen LogP contribution in [0.2, 0.25) is 0 Å². The fourth-order valence-corrected chi connectivity index (χ4v) is 4.22. The number of imide groups is 1. The van der Waals surface area contributed by atoms with Gasteiger partial charge in [0, 0.05) is 24.3 Å². The third-order valence-electron chi connectivity index (χ3n) is 5.47. The molecule has 0 radical (unpaired) electrons. The van der Waals surface area contributed by atoms with Crippen molar-refractivity contribution < 1.29 is 19.1 Å². The maximum absolute atomic E-state index is 12.8. The second-order valence-electron chi connectivity index (χ2n) is 6.98. The summed E-state index contributed by atoms with van der Waals surface area (Å²) in [6.07, 6.45) is 4.96. The second-order valence-corrected chi connectivity index (χ2v) is 6.98.